The number of methoxy groups -OCH3 is 1. The Hall–Kier alpha value is -2.00. The smallest absolute Gasteiger partial charge is 0.422 e. The van der Waals surface area contributed by atoms with Gasteiger partial charge in [0.2, 0.25) is 0 Å². The Labute approximate surface area is 113 Å². The highest BCUT2D eigenvalue weighted by Crippen LogP contribution is 2.23. The number of carboxylic acid groups (broad SMARTS) is 1. The molecule has 0 aliphatic carbocycles. The van der Waals surface area contributed by atoms with Gasteiger partial charge in [0, 0.05) is 0 Å². The van der Waals surface area contributed by atoms with Gasteiger partial charge in [-0.1, -0.05) is 11.6 Å². The van der Waals surface area contributed by atoms with Crippen LogP contribution in [-0.4, -0.2) is 32.7 Å². The van der Waals surface area contributed by atoms with Gasteiger partial charge >= 0.3 is 22.3 Å². The fourth-order valence-electron chi connectivity index (χ4n) is 1.06. The molecule has 3 N–H and O–H groups in total. The second-order valence-corrected chi connectivity index (χ2v) is 5.02. The second kappa shape index (κ2) is 5.76. The van der Waals surface area contributed by atoms with E-state index >= 15 is 0 Å². The molecule has 0 fully saturated rings. The number of aromatic carboxylic acids is 1. The van der Waals surface area contributed by atoms with Gasteiger partial charge in [0.05, 0.1) is 23.4 Å². The van der Waals surface area contributed by atoms with Crippen molar-refractivity contribution in [1.29, 1.82) is 0 Å². The van der Waals surface area contributed by atoms with E-state index < -0.39 is 22.3 Å². The highest BCUT2D eigenvalue weighted by molar-refractivity contribution is 7.91. The third-order valence-corrected chi connectivity index (χ3v) is 3.11. The van der Waals surface area contributed by atoms with Crippen LogP contribution in [-0.2, 0) is 14.9 Å². The number of benzene rings is 1. The van der Waals surface area contributed by atoms with Gasteiger partial charge in [0.1, 0.15) is 0 Å². The predicted octanol–water partition coefficient (Wildman–Crippen LogP) is 1.05. The highest BCUT2D eigenvalue weighted by atomic mass is 35.5. The van der Waals surface area contributed by atoms with Crippen molar-refractivity contribution >= 4 is 39.6 Å². The molecule has 10 heteroatoms. The van der Waals surface area contributed by atoms with E-state index in [0.717, 1.165) is 13.2 Å². The first-order chi connectivity index (χ1) is 8.75. The maximum absolute atomic E-state index is 11.5. The van der Waals surface area contributed by atoms with E-state index in [0.29, 0.717) is 0 Å². The number of rotatable bonds is 4. The summed E-state index contributed by atoms with van der Waals surface area (Å²) in [5.74, 6) is -1.25. The van der Waals surface area contributed by atoms with E-state index in [9.17, 15) is 18.0 Å². The van der Waals surface area contributed by atoms with E-state index in [-0.39, 0.29) is 16.3 Å². The fourth-order valence-corrected chi connectivity index (χ4v) is 2.09. The predicted molar refractivity (Wildman–Crippen MR) is 66.5 cm³/mol. The minimum atomic E-state index is -4.26. The summed E-state index contributed by atoms with van der Waals surface area (Å²) in [6.07, 6.45) is -1.20. The number of carbonyl (C=O) groups is 2. The molecular formula is C9H9ClN2O6S. The van der Waals surface area contributed by atoms with Crippen molar-refractivity contribution < 1.29 is 27.9 Å². The van der Waals surface area contributed by atoms with Crippen LogP contribution in [0.5, 0.6) is 0 Å². The molecule has 1 amide bonds. The number of ether oxygens (including phenoxy) is 1. The molecule has 0 radical (unpaired) electrons. The normalized spacial score (nSPS) is 10.6. The lowest BCUT2D eigenvalue weighted by molar-refractivity contribution is 0.0697. The first kappa shape index (κ1) is 15.1. The van der Waals surface area contributed by atoms with Crippen LogP contribution in [0.25, 0.3) is 0 Å². The van der Waals surface area contributed by atoms with E-state index in [1.54, 1.807) is 0 Å². The molecule has 1 aromatic rings. The number of hydrogen-bond acceptors (Lipinski definition) is 5. The van der Waals surface area contributed by atoms with Gasteiger partial charge in [-0.05, 0) is 18.2 Å². The molecule has 0 unspecified atom stereocenters. The van der Waals surface area contributed by atoms with Crippen molar-refractivity contribution in [2.24, 2.45) is 0 Å². The number of halogens is 1. The van der Waals surface area contributed by atoms with Crippen LogP contribution in [0.2, 0.25) is 5.02 Å². The average Bonchev–Trinajstić information content (AvgIpc) is 2.30. The van der Waals surface area contributed by atoms with Crippen molar-refractivity contribution in [2.45, 2.75) is 0 Å². The summed E-state index contributed by atoms with van der Waals surface area (Å²) < 4.78 is 30.5. The molecule has 0 heterocycles. The molecule has 0 bridgehead atoms. The molecular weight excluding hydrogens is 300 g/mol. The van der Waals surface area contributed by atoms with Crippen molar-refractivity contribution in [3.63, 3.8) is 0 Å². The minimum absolute atomic E-state index is 0.0276. The Morgan fingerprint density at radius 2 is 2.00 bits per heavy atom. The lowest BCUT2D eigenvalue weighted by Gasteiger charge is -2.10. The van der Waals surface area contributed by atoms with Crippen LogP contribution < -0.4 is 9.44 Å². The number of nitrogens with one attached hydrogen (secondary N) is 2. The summed E-state index contributed by atoms with van der Waals surface area (Å²) in [7, 11) is -3.27. The molecule has 0 atom stereocenters. The quantitative estimate of drug-likeness (QED) is 0.764. The Bertz CT molecular complexity index is 615. The molecule has 104 valence electrons. The maximum atomic E-state index is 11.5. The summed E-state index contributed by atoms with van der Waals surface area (Å²) in [6, 6.07) is 3.43. The SMILES string of the molecule is COC(=O)NS(=O)(=O)Nc1cc(C(=O)O)ccc1Cl. The molecule has 0 aromatic heterocycles. The molecule has 0 aliphatic heterocycles. The number of carboxylic acids is 1. The van der Waals surface area contributed by atoms with Crippen molar-refractivity contribution in [2.75, 3.05) is 11.8 Å². The molecule has 0 saturated carbocycles. The van der Waals surface area contributed by atoms with E-state index in [2.05, 4.69) is 4.74 Å². The van der Waals surface area contributed by atoms with Crippen LogP contribution >= 0.6 is 11.6 Å². The van der Waals surface area contributed by atoms with Gasteiger partial charge < -0.3 is 9.84 Å². The Morgan fingerprint density at radius 3 is 2.53 bits per heavy atom. The zero-order chi connectivity index (χ0) is 14.6. The Kier molecular flexibility index (Phi) is 4.57. The highest BCUT2D eigenvalue weighted by Gasteiger charge is 2.17. The van der Waals surface area contributed by atoms with E-state index in [1.165, 1.54) is 16.9 Å². The van der Waals surface area contributed by atoms with E-state index in [4.69, 9.17) is 16.7 Å². The summed E-state index contributed by atoms with van der Waals surface area (Å²) in [5, 5.41) is 8.74. The standard InChI is InChI=1S/C9H9ClN2O6S/c1-18-9(15)12-19(16,17)11-7-4-5(8(13)14)2-3-6(7)10/h2-4,11H,1H3,(H,12,15)(H,13,14). The third kappa shape index (κ3) is 4.30. The zero-order valence-corrected chi connectivity index (χ0v) is 11.1. The molecule has 8 nitrogen and oxygen atoms in total. The van der Waals surface area contributed by atoms with Crippen LogP contribution in [0, 0.1) is 0 Å². The van der Waals surface area contributed by atoms with Gasteiger partial charge in [0.15, 0.2) is 0 Å². The largest absolute Gasteiger partial charge is 0.478 e. The lowest BCUT2D eigenvalue weighted by Crippen LogP contribution is -2.35. The summed E-state index contributed by atoms with van der Waals surface area (Å²) in [5.41, 5.74) is -0.349. The molecule has 0 saturated heterocycles. The number of hydrogen-bond donors (Lipinski definition) is 3. The zero-order valence-electron chi connectivity index (χ0n) is 9.51. The van der Waals surface area contributed by atoms with Gasteiger partial charge in [-0.15, -0.1) is 0 Å². The van der Waals surface area contributed by atoms with E-state index in [1.807, 2.05) is 4.72 Å². The third-order valence-electron chi connectivity index (χ3n) is 1.86. The topological polar surface area (TPSA) is 122 Å². The first-order valence-electron chi connectivity index (χ1n) is 4.66. The number of amides is 1. The summed E-state index contributed by atoms with van der Waals surface area (Å²) in [6.45, 7) is 0. The van der Waals surface area contributed by atoms with Crippen molar-refractivity contribution in [3.05, 3.63) is 28.8 Å². The Balaban J connectivity index is 3.02. The van der Waals surface area contributed by atoms with Gasteiger partial charge in [0.25, 0.3) is 0 Å². The molecule has 0 spiro atoms. The van der Waals surface area contributed by atoms with Crippen molar-refractivity contribution in [3.8, 4) is 0 Å². The Morgan fingerprint density at radius 1 is 1.37 bits per heavy atom. The monoisotopic (exact) mass is 308 g/mol. The molecule has 19 heavy (non-hydrogen) atoms. The first-order valence-corrected chi connectivity index (χ1v) is 6.52. The maximum Gasteiger partial charge on any atom is 0.422 e. The van der Waals surface area contributed by atoms with Crippen LogP contribution in [0.3, 0.4) is 0 Å². The fraction of sp³-hybridized carbons (Fsp3) is 0.111. The molecule has 1 aromatic carbocycles. The van der Waals surface area contributed by atoms with Gasteiger partial charge in [-0.25, -0.2) is 14.3 Å². The number of anilines is 1. The van der Waals surface area contributed by atoms with Crippen LogP contribution in [0.1, 0.15) is 10.4 Å². The summed E-state index contributed by atoms with van der Waals surface area (Å²) >= 11 is 5.71. The summed E-state index contributed by atoms with van der Waals surface area (Å²) in [4.78, 5) is 21.5. The molecule has 0 aliphatic rings. The van der Waals surface area contributed by atoms with Crippen LogP contribution in [0.4, 0.5) is 10.5 Å². The average molecular weight is 309 g/mol. The van der Waals surface area contributed by atoms with Crippen LogP contribution in [0.15, 0.2) is 18.2 Å². The van der Waals surface area contributed by atoms with Gasteiger partial charge in [-0.2, -0.15) is 8.42 Å². The van der Waals surface area contributed by atoms with Crippen molar-refractivity contribution in [1.82, 2.24) is 4.72 Å². The lowest BCUT2D eigenvalue weighted by atomic mass is 10.2. The molecule has 1 rings (SSSR count). The number of carbonyl (C=O) groups excluding carboxylic acids is 1. The minimum Gasteiger partial charge on any atom is -0.478 e. The second-order valence-electron chi connectivity index (χ2n) is 3.20. The van der Waals surface area contributed by atoms with Gasteiger partial charge in [-0.3, -0.25) is 4.72 Å².